The maximum absolute atomic E-state index is 13.4. The van der Waals surface area contributed by atoms with Crippen molar-refractivity contribution in [2.24, 2.45) is 10.8 Å². The summed E-state index contributed by atoms with van der Waals surface area (Å²) in [6.07, 6.45) is 2.02. The highest BCUT2D eigenvalue weighted by Gasteiger charge is 2.75. The maximum Gasteiger partial charge on any atom is 0.313 e. The molecule has 2 aliphatic carbocycles. The molecule has 4 atom stereocenters. The summed E-state index contributed by atoms with van der Waals surface area (Å²) in [6.45, 7) is 5.78. The van der Waals surface area contributed by atoms with E-state index in [-0.39, 0.29) is 29.7 Å². The van der Waals surface area contributed by atoms with Gasteiger partial charge in [0.1, 0.15) is 5.82 Å². The number of nitrogens with one attached hydrogen (secondary N) is 1. The Morgan fingerprint density at radius 3 is 2.62 bits per heavy atom. The van der Waals surface area contributed by atoms with Crippen molar-refractivity contribution in [2.75, 3.05) is 0 Å². The van der Waals surface area contributed by atoms with Crippen molar-refractivity contribution in [3.8, 4) is 0 Å². The van der Waals surface area contributed by atoms with Gasteiger partial charge in [-0.05, 0) is 43.9 Å². The molecule has 0 aromatic heterocycles. The van der Waals surface area contributed by atoms with Crippen LogP contribution < -0.4 is 5.32 Å². The van der Waals surface area contributed by atoms with Crippen LogP contribution in [0.25, 0.3) is 0 Å². The van der Waals surface area contributed by atoms with Crippen LogP contribution >= 0.6 is 0 Å². The molecule has 2 unspecified atom stereocenters. The summed E-state index contributed by atoms with van der Waals surface area (Å²) < 4.78 is 19.0. The molecule has 1 N–H and O–H groups in total. The lowest BCUT2D eigenvalue weighted by Gasteiger charge is -2.35. The Kier molecular flexibility index (Phi) is 2.98. The van der Waals surface area contributed by atoms with E-state index in [1.165, 1.54) is 12.1 Å². The van der Waals surface area contributed by atoms with E-state index in [4.69, 9.17) is 4.74 Å². The fourth-order valence-corrected chi connectivity index (χ4v) is 4.49. The number of hydrogen-bond acceptors (Lipinski definition) is 3. The number of halogens is 1. The number of ether oxygens (including phenoxy) is 1. The molecule has 1 aromatic rings. The van der Waals surface area contributed by atoms with Crippen molar-refractivity contribution in [3.05, 3.63) is 35.6 Å². The number of rotatable bonds is 3. The Morgan fingerprint density at radius 1 is 1.29 bits per heavy atom. The predicted molar refractivity (Wildman–Crippen MR) is 85.6 cm³/mol. The van der Waals surface area contributed by atoms with Crippen LogP contribution in [0.15, 0.2) is 24.3 Å². The fourth-order valence-electron chi connectivity index (χ4n) is 4.49. The molecule has 0 radical (unpaired) electrons. The van der Waals surface area contributed by atoms with Crippen LogP contribution in [-0.4, -0.2) is 23.5 Å². The minimum Gasteiger partial charge on any atom is -0.448 e. The van der Waals surface area contributed by atoms with Gasteiger partial charge >= 0.3 is 5.97 Å². The number of hydrogen-bond donors (Lipinski definition) is 1. The van der Waals surface area contributed by atoms with E-state index < -0.39 is 16.4 Å². The molecule has 1 aliphatic heterocycles. The zero-order valence-corrected chi connectivity index (χ0v) is 14.2. The molecule has 4 rings (SSSR count). The molecule has 2 saturated carbocycles. The minimum absolute atomic E-state index is 0.0179. The van der Waals surface area contributed by atoms with Gasteiger partial charge in [0.15, 0.2) is 5.60 Å². The molecular formula is C19H22FNO3. The number of amides is 1. The third-order valence-corrected chi connectivity index (χ3v) is 6.83. The van der Waals surface area contributed by atoms with Gasteiger partial charge in [-0.15, -0.1) is 0 Å². The van der Waals surface area contributed by atoms with E-state index in [1.807, 2.05) is 26.8 Å². The molecule has 4 nitrogen and oxygen atoms in total. The maximum atomic E-state index is 13.4. The molecule has 128 valence electrons. The van der Waals surface area contributed by atoms with Gasteiger partial charge in [-0.3, -0.25) is 9.59 Å². The third kappa shape index (κ3) is 1.78. The Bertz CT molecular complexity index is 746. The fraction of sp³-hybridized carbons (Fsp3) is 0.579. The summed E-state index contributed by atoms with van der Waals surface area (Å²) in [5.41, 5.74) is -1.31. The number of fused-ring (bicyclic) bond motifs is 2. The highest BCUT2D eigenvalue weighted by Crippen LogP contribution is 2.65. The lowest BCUT2D eigenvalue weighted by molar-refractivity contribution is -0.168. The standard InChI is InChI=1S/C19H22FNO3/c1-17(2)18(3)7-8-19(17,24-16(18)23)15(22)21-14-10-13(14)11-5-4-6-12(20)9-11/h4-6,9,13-14H,7-8,10H2,1-3H3,(H,21,22)/t13-,14-,18?,19?/m1/s1. The van der Waals surface area contributed by atoms with E-state index >= 15 is 0 Å². The van der Waals surface area contributed by atoms with Crippen molar-refractivity contribution in [3.63, 3.8) is 0 Å². The lowest BCUT2D eigenvalue weighted by atomic mass is 9.66. The molecule has 1 aromatic carbocycles. The van der Waals surface area contributed by atoms with Gasteiger partial charge in [0.05, 0.1) is 5.41 Å². The summed E-state index contributed by atoms with van der Waals surface area (Å²) in [4.78, 5) is 25.2. The van der Waals surface area contributed by atoms with Crippen LogP contribution in [-0.2, 0) is 14.3 Å². The monoisotopic (exact) mass is 331 g/mol. The van der Waals surface area contributed by atoms with Crippen LogP contribution in [0.2, 0.25) is 0 Å². The molecule has 3 fully saturated rings. The smallest absolute Gasteiger partial charge is 0.313 e. The SMILES string of the molecule is CC12CCC(C(=O)N[C@@H]3C[C@@H]3c3cccc(F)c3)(OC1=O)C2(C)C. The molecule has 2 bridgehead atoms. The average Bonchev–Trinajstić information content (AvgIpc) is 3.22. The van der Waals surface area contributed by atoms with Crippen LogP contribution in [0.1, 0.15) is 51.5 Å². The van der Waals surface area contributed by atoms with Gasteiger partial charge in [-0.1, -0.05) is 26.0 Å². The molecular weight excluding hydrogens is 309 g/mol. The summed E-state index contributed by atoms with van der Waals surface area (Å²) in [6, 6.07) is 6.48. The quantitative estimate of drug-likeness (QED) is 0.867. The summed E-state index contributed by atoms with van der Waals surface area (Å²) in [5.74, 6) is -0.605. The van der Waals surface area contributed by atoms with Crippen molar-refractivity contribution >= 4 is 11.9 Å². The van der Waals surface area contributed by atoms with Crippen molar-refractivity contribution < 1.29 is 18.7 Å². The summed E-state index contributed by atoms with van der Waals surface area (Å²) in [5, 5.41) is 3.04. The second-order valence-electron chi connectivity index (χ2n) is 8.15. The Hall–Kier alpha value is -1.91. The molecule has 5 heteroatoms. The van der Waals surface area contributed by atoms with E-state index in [2.05, 4.69) is 5.32 Å². The van der Waals surface area contributed by atoms with E-state index in [0.717, 1.165) is 12.0 Å². The summed E-state index contributed by atoms with van der Waals surface area (Å²) in [7, 11) is 0. The van der Waals surface area contributed by atoms with Crippen LogP contribution in [0.5, 0.6) is 0 Å². The van der Waals surface area contributed by atoms with E-state index in [1.54, 1.807) is 6.07 Å². The average molecular weight is 331 g/mol. The molecule has 0 spiro atoms. The first kappa shape index (κ1) is 15.6. The topological polar surface area (TPSA) is 55.4 Å². The molecule has 1 saturated heterocycles. The van der Waals surface area contributed by atoms with Gasteiger partial charge in [0, 0.05) is 17.4 Å². The highest BCUT2D eigenvalue weighted by atomic mass is 19.1. The first-order valence-electron chi connectivity index (χ1n) is 8.51. The zero-order valence-electron chi connectivity index (χ0n) is 14.2. The van der Waals surface area contributed by atoms with Crippen molar-refractivity contribution in [2.45, 2.75) is 57.6 Å². The number of esters is 1. The molecule has 24 heavy (non-hydrogen) atoms. The number of carbonyl (C=O) groups excluding carboxylic acids is 2. The van der Waals surface area contributed by atoms with E-state index in [0.29, 0.717) is 12.8 Å². The van der Waals surface area contributed by atoms with Crippen LogP contribution in [0.3, 0.4) is 0 Å². The molecule has 1 amide bonds. The third-order valence-electron chi connectivity index (χ3n) is 6.83. The Morgan fingerprint density at radius 2 is 2.04 bits per heavy atom. The zero-order chi connectivity index (χ0) is 17.3. The molecule has 1 heterocycles. The van der Waals surface area contributed by atoms with E-state index in [9.17, 15) is 14.0 Å². The van der Waals surface area contributed by atoms with Crippen molar-refractivity contribution in [1.82, 2.24) is 5.32 Å². The second kappa shape index (κ2) is 4.58. The minimum atomic E-state index is -1.08. The lowest BCUT2D eigenvalue weighted by Crippen LogP contribution is -2.54. The largest absolute Gasteiger partial charge is 0.448 e. The van der Waals surface area contributed by atoms with Crippen LogP contribution in [0.4, 0.5) is 4.39 Å². The number of carbonyl (C=O) groups is 2. The van der Waals surface area contributed by atoms with Gasteiger partial charge in [-0.2, -0.15) is 0 Å². The van der Waals surface area contributed by atoms with Gasteiger partial charge in [0.25, 0.3) is 5.91 Å². The summed E-state index contributed by atoms with van der Waals surface area (Å²) >= 11 is 0. The second-order valence-corrected chi connectivity index (χ2v) is 8.15. The van der Waals surface area contributed by atoms with Gasteiger partial charge in [-0.25, -0.2) is 4.39 Å². The van der Waals surface area contributed by atoms with Crippen LogP contribution in [0, 0.1) is 16.6 Å². The predicted octanol–water partition coefficient (Wildman–Crippen LogP) is 2.92. The first-order chi connectivity index (χ1) is 11.2. The normalized spacial score (nSPS) is 38.8. The first-order valence-corrected chi connectivity index (χ1v) is 8.51. The molecule has 3 aliphatic rings. The van der Waals surface area contributed by atoms with Crippen molar-refractivity contribution in [1.29, 1.82) is 0 Å². The number of benzene rings is 1. The van der Waals surface area contributed by atoms with Gasteiger partial charge in [0.2, 0.25) is 0 Å². The highest BCUT2D eigenvalue weighted by molar-refractivity contribution is 5.96. The van der Waals surface area contributed by atoms with Gasteiger partial charge < -0.3 is 10.1 Å². The Balaban J connectivity index is 1.51. The Labute approximate surface area is 140 Å².